The Morgan fingerprint density at radius 1 is 1.24 bits per heavy atom. The van der Waals surface area contributed by atoms with E-state index >= 15 is 0 Å². The molecule has 0 saturated heterocycles. The van der Waals surface area contributed by atoms with E-state index in [1.54, 1.807) is 12.1 Å². The molecule has 0 aromatic heterocycles. The fraction of sp³-hybridized carbons (Fsp3) is 0.600. The topological polar surface area (TPSA) is 23.5 Å². The second-order valence-corrected chi connectivity index (χ2v) is 5.32. The Hall–Kier alpha value is -1.02. The van der Waals surface area contributed by atoms with Crippen molar-refractivity contribution in [3.8, 4) is 5.75 Å². The van der Waals surface area contributed by atoms with Gasteiger partial charge < -0.3 is 10.0 Å². The summed E-state index contributed by atoms with van der Waals surface area (Å²) in [6, 6.07) is 8.95. The molecule has 0 aliphatic heterocycles. The van der Waals surface area contributed by atoms with Crippen LogP contribution in [0.5, 0.6) is 5.75 Å². The van der Waals surface area contributed by atoms with E-state index in [2.05, 4.69) is 18.9 Å². The van der Waals surface area contributed by atoms with Gasteiger partial charge in [0.05, 0.1) is 0 Å². The lowest BCUT2D eigenvalue weighted by Gasteiger charge is -2.30. The third-order valence-electron chi connectivity index (χ3n) is 4.06. The van der Waals surface area contributed by atoms with Gasteiger partial charge in [0.15, 0.2) is 0 Å². The van der Waals surface area contributed by atoms with Crippen LogP contribution >= 0.6 is 0 Å². The Morgan fingerprint density at radius 3 is 2.41 bits per heavy atom. The van der Waals surface area contributed by atoms with Crippen molar-refractivity contribution in [1.29, 1.82) is 0 Å². The maximum absolute atomic E-state index is 9.26. The van der Waals surface area contributed by atoms with Crippen molar-refractivity contribution in [2.45, 2.75) is 51.1 Å². The zero-order valence-corrected chi connectivity index (χ0v) is 10.9. The summed E-state index contributed by atoms with van der Waals surface area (Å²) in [5.74, 6) is 0.352. The molecule has 94 valence electrons. The first-order valence-electron chi connectivity index (χ1n) is 6.66. The van der Waals surface area contributed by atoms with Gasteiger partial charge in [-0.05, 0) is 50.9 Å². The molecule has 1 fully saturated rings. The summed E-state index contributed by atoms with van der Waals surface area (Å²) < 4.78 is 0. The van der Waals surface area contributed by atoms with Crippen LogP contribution in [0.2, 0.25) is 0 Å². The standard InChI is InChI=1S/C15H23NO/c1-12(16(2)14-5-3-4-6-14)11-13-7-9-15(17)10-8-13/h7-10,12,14,17H,3-6,11H2,1-2H3. The molecular formula is C15H23NO. The van der Waals surface area contributed by atoms with Gasteiger partial charge >= 0.3 is 0 Å². The van der Waals surface area contributed by atoms with Crippen molar-refractivity contribution in [1.82, 2.24) is 4.90 Å². The highest BCUT2D eigenvalue weighted by Crippen LogP contribution is 2.24. The third-order valence-corrected chi connectivity index (χ3v) is 4.06. The Bertz CT molecular complexity index is 340. The molecule has 2 nitrogen and oxygen atoms in total. The van der Waals surface area contributed by atoms with Gasteiger partial charge in [-0.1, -0.05) is 25.0 Å². The van der Waals surface area contributed by atoms with Crippen LogP contribution in [0.4, 0.5) is 0 Å². The van der Waals surface area contributed by atoms with Gasteiger partial charge in [-0.2, -0.15) is 0 Å². The molecule has 0 amide bonds. The molecule has 1 aromatic carbocycles. The zero-order chi connectivity index (χ0) is 12.3. The Kier molecular flexibility index (Phi) is 4.06. The second kappa shape index (κ2) is 5.54. The normalized spacial score (nSPS) is 18.8. The Morgan fingerprint density at radius 2 is 1.82 bits per heavy atom. The van der Waals surface area contributed by atoms with Crippen molar-refractivity contribution in [3.63, 3.8) is 0 Å². The number of aromatic hydroxyl groups is 1. The van der Waals surface area contributed by atoms with E-state index in [4.69, 9.17) is 0 Å². The first kappa shape index (κ1) is 12.4. The number of likely N-dealkylation sites (N-methyl/N-ethyl adjacent to an activating group) is 1. The molecule has 1 aliphatic carbocycles. The molecule has 0 heterocycles. The molecule has 1 N–H and O–H groups in total. The van der Waals surface area contributed by atoms with Crippen molar-refractivity contribution in [2.75, 3.05) is 7.05 Å². The summed E-state index contributed by atoms with van der Waals surface area (Å²) in [7, 11) is 2.25. The molecule has 2 heteroatoms. The summed E-state index contributed by atoms with van der Waals surface area (Å²) in [6.45, 7) is 2.30. The monoisotopic (exact) mass is 233 g/mol. The molecular weight excluding hydrogens is 210 g/mol. The van der Waals surface area contributed by atoms with Gasteiger partial charge in [-0.3, -0.25) is 0 Å². The number of nitrogens with zero attached hydrogens (tertiary/aromatic N) is 1. The largest absolute Gasteiger partial charge is 0.508 e. The van der Waals surface area contributed by atoms with Crippen LogP contribution in [0.15, 0.2) is 24.3 Å². The number of hydrogen-bond acceptors (Lipinski definition) is 2. The minimum absolute atomic E-state index is 0.352. The van der Waals surface area contributed by atoms with Crippen molar-refractivity contribution in [3.05, 3.63) is 29.8 Å². The van der Waals surface area contributed by atoms with Gasteiger partial charge in [0.25, 0.3) is 0 Å². The molecule has 1 unspecified atom stereocenters. The van der Waals surface area contributed by atoms with Crippen LogP contribution < -0.4 is 0 Å². The van der Waals surface area contributed by atoms with Crippen LogP contribution in [-0.4, -0.2) is 29.1 Å². The third kappa shape index (κ3) is 3.22. The van der Waals surface area contributed by atoms with Gasteiger partial charge in [0.2, 0.25) is 0 Å². The summed E-state index contributed by atoms with van der Waals surface area (Å²) in [4.78, 5) is 2.53. The highest BCUT2D eigenvalue weighted by atomic mass is 16.3. The smallest absolute Gasteiger partial charge is 0.115 e. The SMILES string of the molecule is CC(Cc1ccc(O)cc1)N(C)C1CCCC1. The number of phenolic OH excluding ortho intramolecular Hbond substituents is 1. The number of rotatable bonds is 4. The Balaban J connectivity index is 1.91. The van der Waals surface area contributed by atoms with E-state index in [9.17, 15) is 5.11 Å². The van der Waals surface area contributed by atoms with Crippen molar-refractivity contribution in [2.24, 2.45) is 0 Å². The molecule has 0 radical (unpaired) electrons. The van der Waals surface area contributed by atoms with Crippen molar-refractivity contribution < 1.29 is 5.11 Å². The molecule has 0 spiro atoms. The van der Waals surface area contributed by atoms with E-state index in [0.29, 0.717) is 11.8 Å². The minimum atomic E-state index is 0.352. The van der Waals surface area contributed by atoms with Gasteiger partial charge in [0, 0.05) is 12.1 Å². The van der Waals surface area contributed by atoms with Crippen LogP contribution in [0, 0.1) is 0 Å². The molecule has 2 rings (SSSR count). The highest BCUT2D eigenvalue weighted by Gasteiger charge is 2.23. The summed E-state index contributed by atoms with van der Waals surface area (Å²) in [6.07, 6.45) is 6.56. The van der Waals surface area contributed by atoms with Crippen LogP contribution in [-0.2, 0) is 6.42 Å². The number of phenols is 1. The quantitative estimate of drug-likeness (QED) is 0.863. The predicted molar refractivity (Wildman–Crippen MR) is 71.3 cm³/mol. The fourth-order valence-corrected chi connectivity index (χ4v) is 2.79. The number of hydrogen-bond donors (Lipinski definition) is 1. The molecule has 1 saturated carbocycles. The van der Waals surface area contributed by atoms with E-state index in [1.807, 2.05) is 12.1 Å². The first-order chi connectivity index (χ1) is 8.16. The van der Waals surface area contributed by atoms with E-state index in [0.717, 1.165) is 12.5 Å². The van der Waals surface area contributed by atoms with Crippen LogP contribution in [0.3, 0.4) is 0 Å². The molecule has 1 aliphatic rings. The van der Waals surface area contributed by atoms with Gasteiger partial charge in [0.1, 0.15) is 5.75 Å². The van der Waals surface area contributed by atoms with Crippen LogP contribution in [0.1, 0.15) is 38.2 Å². The predicted octanol–water partition coefficient (Wildman–Crippen LogP) is 3.20. The summed E-state index contributed by atoms with van der Waals surface area (Å²) in [5, 5.41) is 9.26. The zero-order valence-electron chi connectivity index (χ0n) is 10.9. The average Bonchev–Trinajstić information content (AvgIpc) is 2.84. The lowest BCUT2D eigenvalue weighted by atomic mass is 10.0. The molecule has 1 aromatic rings. The summed E-state index contributed by atoms with van der Waals surface area (Å²) >= 11 is 0. The Labute approximate surface area is 104 Å². The molecule has 17 heavy (non-hydrogen) atoms. The maximum atomic E-state index is 9.26. The fourth-order valence-electron chi connectivity index (χ4n) is 2.79. The second-order valence-electron chi connectivity index (χ2n) is 5.32. The molecule has 1 atom stereocenters. The lowest BCUT2D eigenvalue weighted by molar-refractivity contribution is 0.185. The molecule has 0 bridgehead atoms. The highest BCUT2D eigenvalue weighted by molar-refractivity contribution is 5.26. The van der Waals surface area contributed by atoms with Crippen LogP contribution in [0.25, 0.3) is 0 Å². The summed E-state index contributed by atoms with van der Waals surface area (Å²) in [5.41, 5.74) is 1.31. The van der Waals surface area contributed by atoms with Gasteiger partial charge in [-0.15, -0.1) is 0 Å². The first-order valence-corrected chi connectivity index (χ1v) is 6.66. The van der Waals surface area contributed by atoms with E-state index in [1.165, 1.54) is 31.2 Å². The minimum Gasteiger partial charge on any atom is -0.508 e. The maximum Gasteiger partial charge on any atom is 0.115 e. The van der Waals surface area contributed by atoms with Gasteiger partial charge in [-0.25, -0.2) is 0 Å². The van der Waals surface area contributed by atoms with Crippen molar-refractivity contribution >= 4 is 0 Å². The van der Waals surface area contributed by atoms with E-state index in [-0.39, 0.29) is 0 Å². The number of benzene rings is 1. The average molecular weight is 233 g/mol. The lowest BCUT2D eigenvalue weighted by Crippen LogP contribution is -2.38. The van der Waals surface area contributed by atoms with E-state index < -0.39 is 0 Å².